The maximum absolute atomic E-state index is 13.4. The summed E-state index contributed by atoms with van der Waals surface area (Å²) < 4.78 is 6.18. The Labute approximate surface area is 220 Å². The molecule has 2 atom stereocenters. The molecule has 1 heterocycles. The normalized spacial score (nSPS) is 28.6. The average molecular weight is 501 g/mol. The van der Waals surface area contributed by atoms with Gasteiger partial charge in [-0.25, -0.2) is 4.79 Å². The molecule has 4 aliphatic rings. The van der Waals surface area contributed by atoms with Crippen LogP contribution < -0.4 is 5.32 Å². The van der Waals surface area contributed by atoms with Gasteiger partial charge in [-0.2, -0.15) is 0 Å². The van der Waals surface area contributed by atoms with Crippen LogP contribution in [-0.2, 0) is 17.6 Å². The largest absolute Gasteiger partial charge is 0.446 e. The van der Waals surface area contributed by atoms with Crippen LogP contribution >= 0.6 is 0 Å². The number of alkyl carbamates (subject to hydrolysis) is 1. The number of ether oxygens (including phenoxy) is 1. The first-order chi connectivity index (χ1) is 18.0. The molecular weight excluding hydrogens is 460 g/mol. The van der Waals surface area contributed by atoms with Crippen molar-refractivity contribution in [3.05, 3.63) is 71.9 Å². The molecule has 4 bridgehead atoms. The zero-order valence-corrected chi connectivity index (χ0v) is 21.9. The number of benzene rings is 2. The van der Waals surface area contributed by atoms with Crippen molar-refractivity contribution in [3.63, 3.8) is 0 Å². The number of aromatic nitrogens is 1. The van der Waals surface area contributed by atoms with E-state index in [0.717, 1.165) is 41.1 Å². The van der Waals surface area contributed by atoms with E-state index in [2.05, 4.69) is 46.7 Å². The molecule has 0 saturated heterocycles. The zero-order valence-electron chi connectivity index (χ0n) is 21.9. The second-order valence-electron chi connectivity index (χ2n) is 12.3. The lowest BCUT2D eigenvalue weighted by atomic mass is 9.55. The van der Waals surface area contributed by atoms with Crippen molar-refractivity contribution in [2.24, 2.45) is 23.7 Å². The monoisotopic (exact) mass is 500 g/mol. The van der Waals surface area contributed by atoms with Crippen LogP contribution in [0.25, 0.3) is 10.9 Å². The van der Waals surface area contributed by atoms with E-state index in [1.54, 1.807) is 0 Å². The molecule has 4 saturated carbocycles. The van der Waals surface area contributed by atoms with E-state index in [-0.39, 0.29) is 12.2 Å². The minimum Gasteiger partial charge on any atom is -0.446 e. The molecule has 0 radical (unpaired) electrons. The standard InChI is InChI=1S/C32H40N2O3/c1-32(19-26-20-33-28-12-6-5-11-27(26)28,29(35)13-7-10-21-8-3-2-4-9-21)34-31(36)37-30-24-15-22-14-23(17-24)18-25(30)16-22/h2-6,8-9,11-12,20,22-25,29-30,33,35H,7,10,13-19H2,1H3,(H,34,36)/t22?,23?,24?,25?,29-,30?,32+/m0/s1. The Kier molecular flexibility index (Phi) is 6.74. The van der Waals surface area contributed by atoms with Gasteiger partial charge < -0.3 is 20.1 Å². The van der Waals surface area contributed by atoms with Crippen LogP contribution in [-0.4, -0.2) is 33.9 Å². The highest BCUT2D eigenvalue weighted by atomic mass is 16.6. The number of aliphatic hydroxyl groups excluding tert-OH is 1. The Morgan fingerprint density at radius 1 is 1.03 bits per heavy atom. The maximum Gasteiger partial charge on any atom is 0.407 e. The Morgan fingerprint density at radius 2 is 1.70 bits per heavy atom. The third-order valence-corrected chi connectivity index (χ3v) is 9.52. The fraction of sp³-hybridized carbons (Fsp3) is 0.531. The number of para-hydroxylation sites is 1. The van der Waals surface area contributed by atoms with Gasteiger partial charge in [0.15, 0.2) is 0 Å². The number of fused-ring (bicyclic) bond motifs is 1. The summed E-state index contributed by atoms with van der Waals surface area (Å²) in [5.74, 6) is 2.70. The van der Waals surface area contributed by atoms with Gasteiger partial charge in [-0.3, -0.25) is 0 Å². The van der Waals surface area contributed by atoms with Crippen LogP contribution in [0.1, 0.15) is 63.0 Å². The smallest absolute Gasteiger partial charge is 0.407 e. The SMILES string of the molecule is C[C@](Cc1c[nH]c2ccccc12)(NC(=O)OC1C2CC3CC(C2)CC1C3)[C@@H](O)CCCc1ccccc1. The van der Waals surface area contributed by atoms with Crippen LogP contribution in [0.3, 0.4) is 0 Å². The van der Waals surface area contributed by atoms with Crippen LogP contribution in [0.4, 0.5) is 4.79 Å². The molecule has 196 valence electrons. The number of carbonyl (C=O) groups is 1. The summed E-state index contributed by atoms with van der Waals surface area (Å²) in [7, 11) is 0. The molecule has 5 nitrogen and oxygen atoms in total. The molecule has 4 aliphatic carbocycles. The van der Waals surface area contributed by atoms with Gasteiger partial charge in [0, 0.05) is 17.1 Å². The van der Waals surface area contributed by atoms with E-state index >= 15 is 0 Å². The highest BCUT2D eigenvalue weighted by Gasteiger charge is 2.50. The number of nitrogens with one attached hydrogen (secondary N) is 2. The number of aromatic amines is 1. The minimum atomic E-state index is -0.843. The molecule has 2 aromatic carbocycles. The van der Waals surface area contributed by atoms with Crippen molar-refractivity contribution in [1.82, 2.24) is 10.3 Å². The first kappa shape index (κ1) is 24.5. The molecule has 0 aliphatic heterocycles. The topological polar surface area (TPSA) is 74.4 Å². The number of amides is 1. The summed E-state index contributed by atoms with van der Waals surface area (Å²) >= 11 is 0. The average Bonchev–Trinajstić information content (AvgIpc) is 3.29. The lowest BCUT2D eigenvalue weighted by molar-refractivity contribution is -0.0983. The number of carbonyl (C=O) groups excluding carboxylic acids is 1. The van der Waals surface area contributed by atoms with Crippen molar-refractivity contribution in [1.29, 1.82) is 0 Å². The van der Waals surface area contributed by atoms with Gasteiger partial charge in [0.25, 0.3) is 0 Å². The predicted molar refractivity (Wildman–Crippen MR) is 146 cm³/mol. The Morgan fingerprint density at radius 3 is 2.43 bits per heavy atom. The van der Waals surface area contributed by atoms with Crippen molar-refractivity contribution in [2.75, 3.05) is 0 Å². The molecule has 4 fully saturated rings. The van der Waals surface area contributed by atoms with Crippen molar-refractivity contribution in [3.8, 4) is 0 Å². The molecule has 5 heteroatoms. The summed E-state index contributed by atoms with van der Waals surface area (Å²) in [4.78, 5) is 16.7. The number of aliphatic hydroxyl groups is 1. The van der Waals surface area contributed by atoms with Gasteiger partial charge in [0.05, 0.1) is 11.6 Å². The lowest BCUT2D eigenvalue weighted by Gasteiger charge is -2.53. The first-order valence-corrected chi connectivity index (χ1v) is 14.2. The molecule has 7 rings (SSSR count). The Bertz CT molecular complexity index is 1190. The summed E-state index contributed by atoms with van der Waals surface area (Å²) in [6.07, 6.45) is 10.1. The van der Waals surface area contributed by atoms with Gasteiger partial charge in [-0.05, 0) is 106 Å². The summed E-state index contributed by atoms with van der Waals surface area (Å²) in [5, 5.41) is 15.8. The fourth-order valence-electron chi connectivity index (χ4n) is 7.84. The van der Waals surface area contributed by atoms with Crippen LogP contribution in [0, 0.1) is 23.7 Å². The molecule has 3 N–H and O–H groups in total. The van der Waals surface area contributed by atoms with Crippen molar-refractivity contribution >= 4 is 17.0 Å². The number of rotatable bonds is 9. The molecular formula is C32H40N2O3. The third kappa shape index (κ3) is 5.16. The highest BCUT2D eigenvalue weighted by molar-refractivity contribution is 5.83. The fourth-order valence-corrected chi connectivity index (χ4v) is 7.84. The molecule has 1 aromatic heterocycles. The lowest BCUT2D eigenvalue weighted by Crippen LogP contribution is -2.58. The summed E-state index contributed by atoms with van der Waals surface area (Å²) in [6.45, 7) is 1.97. The van der Waals surface area contributed by atoms with Gasteiger partial charge in [-0.15, -0.1) is 0 Å². The van der Waals surface area contributed by atoms with Gasteiger partial charge >= 0.3 is 6.09 Å². The molecule has 0 spiro atoms. The molecule has 37 heavy (non-hydrogen) atoms. The van der Waals surface area contributed by atoms with E-state index < -0.39 is 11.6 Å². The van der Waals surface area contributed by atoms with Gasteiger partial charge in [-0.1, -0.05) is 48.5 Å². The Balaban J connectivity index is 1.17. The quantitative estimate of drug-likeness (QED) is 0.318. The van der Waals surface area contributed by atoms with Crippen LogP contribution in [0.5, 0.6) is 0 Å². The van der Waals surface area contributed by atoms with Crippen LogP contribution in [0.2, 0.25) is 0 Å². The van der Waals surface area contributed by atoms with E-state index in [0.29, 0.717) is 24.7 Å². The molecule has 1 amide bonds. The maximum atomic E-state index is 13.4. The molecule has 0 unspecified atom stereocenters. The number of hydrogen-bond acceptors (Lipinski definition) is 3. The summed E-state index contributed by atoms with van der Waals surface area (Å²) in [6, 6.07) is 18.6. The molecule has 3 aromatic rings. The van der Waals surface area contributed by atoms with Crippen molar-refractivity contribution in [2.45, 2.75) is 82.5 Å². The predicted octanol–water partition coefficient (Wildman–Crippen LogP) is 6.40. The second-order valence-corrected chi connectivity index (χ2v) is 12.3. The van der Waals surface area contributed by atoms with Gasteiger partial charge in [0.1, 0.15) is 6.10 Å². The van der Waals surface area contributed by atoms with E-state index in [1.165, 1.54) is 37.7 Å². The van der Waals surface area contributed by atoms with E-state index in [1.807, 2.05) is 31.3 Å². The first-order valence-electron chi connectivity index (χ1n) is 14.2. The van der Waals surface area contributed by atoms with E-state index in [4.69, 9.17) is 4.74 Å². The number of hydrogen-bond donors (Lipinski definition) is 3. The third-order valence-electron chi connectivity index (χ3n) is 9.52. The van der Waals surface area contributed by atoms with E-state index in [9.17, 15) is 9.90 Å². The van der Waals surface area contributed by atoms with Gasteiger partial charge in [0.2, 0.25) is 0 Å². The second kappa shape index (κ2) is 10.2. The highest BCUT2D eigenvalue weighted by Crippen LogP contribution is 2.54. The Hall–Kier alpha value is -2.79. The number of aryl methyl sites for hydroxylation is 1. The van der Waals surface area contributed by atoms with Crippen LogP contribution in [0.15, 0.2) is 60.8 Å². The van der Waals surface area contributed by atoms with Crippen molar-refractivity contribution < 1.29 is 14.6 Å². The summed E-state index contributed by atoms with van der Waals surface area (Å²) in [5.41, 5.74) is 2.58. The number of H-pyrrole nitrogens is 1. The zero-order chi connectivity index (χ0) is 25.4. The minimum absolute atomic E-state index is 0.0281.